The first-order valence-corrected chi connectivity index (χ1v) is 8.21. The van der Waals surface area contributed by atoms with Crippen molar-refractivity contribution in [3.8, 4) is 0 Å². The van der Waals surface area contributed by atoms with Gasteiger partial charge in [0.2, 0.25) is 0 Å². The molecule has 0 aliphatic rings. The molecule has 0 aliphatic heterocycles. The van der Waals surface area contributed by atoms with E-state index in [1.165, 1.54) is 22.3 Å². The zero-order chi connectivity index (χ0) is 12.4. The standard InChI is InChI=1S/C16H18Te/c1-11-5-7-15(13(3)9-11)17-16-8-6-12(2)10-14(16)4/h5-10H,1-4H3. The Morgan fingerprint density at radius 3 is 1.41 bits per heavy atom. The molecule has 0 saturated carbocycles. The SMILES string of the molecule is Cc1ccc([Te]c2ccc(C)cc2C)c(C)c1. The van der Waals surface area contributed by atoms with Crippen LogP contribution in [0.15, 0.2) is 36.4 Å². The van der Waals surface area contributed by atoms with Gasteiger partial charge in [-0.1, -0.05) is 0 Å². The first-order chi connectivity index (χ1) is 8.06. The minimum absolute atomic E-state index is 0.237. The Hall–Kier alpha value is -0.770. The van der Waals surface area contributed by atoms with Crippen LogP contribution in [0.3, 0.4) is 0 Å². The van der Waals surface area contributed by atoms with E-state index in [9.17, 15) is 0 Å². The van der Waals surface area contributed by atoms with Crippen molar-refractivity contribution in [3.63, 3.8) is 0 Å². The van der Waals surface area contributed by atoms with Gasteiger partial charge in [-0.3, -0.25) is 0 Å². The predicted molar refractivity (Wildman–Crippen MR) is 76.9 cm³/mol. The second kappa shape index (κ2) is 5.25. The summed E-state index contributed by atoms with van der Waals surface area (Å²) in [6.45, 7) is 8.79. The Labute approximate surface area is 114 Å². The van der Waals surface area contributed by atoms with Crippen LogP contribution in [0.1, 0.15) is 22.3 Å². The van der Waals surface area contributed by atoms with Gasteiger partial charge in [-0.05, 0) is 0 Å². The average molecular weight is 338 g/mol. The molecule has 0 spiro atoms. The maximum atomic E-state index is 2.31. The Kier molecular flexibility index (Phi) is 3.92. The second-order valence-electron chi connectivity index (χ2n) is 4.64. The van der Waals surface area contributed by atoms with E-state index in [-0.39, 0.29) is 20.9 Å². The minimum atomic E-state index is -0.237. The van der Waals surface area contributed by atoms with E-state index in [4.69, 9.17) is 0 Å². The summed E-state index contributed by atoms with van der Waals surface area (Å²) in [6, 6.07) is 13.7. The van der Waals surface area contributed by atoms with E-state index >= 15 is 0 Å². The number of aryl methyl sites for hydroxylation is 4. The molecule has 88 valence electrons. The summed E-state index contributed by atoms with van der Waals surface area (Å²) in [5, 5.41) is 0. The van der Waals surface area contributed by atoms with Crippen molar-refractivity contribution in [2.75, 3.05) is 0 Å². The Balaban J connectivity index is 2.31. The van der Waals surface area contributed by atoms with Crippen molar-refractivity contribution < 1.29 is 0 Å². The van der Waals surface area contributed by atoms with Gasteiger partial charge in [0.1, 0.15) is 0 Å². The predicted octanol–water partition coefficient (Wildman–Crippen LogP) is 2.58. The van der Waals surface area contributed by atoms with Crippen molar-refractivity contribution in [2.24, 2.45) is 0 Å². The van der Waals surface area contributed by atoms with Crippen molar-refractivity contribution in [1.29, 1.82) is 0 Å². The van der Waals surface area contributed by atoms with Crippen molar-refractivity contribution >= 4 is 28.1 Å². The molecule has 0 aliphatic carbocycles. The van der Waals surface area contributed by atoms with Crippen LogP contribution < -0.4 is 7.22 Å². The summed E-state index contributed by atoms with van der Waals surface area (Å²) in [5.41, 5.74) is 5.62. The molecule has 0 saturated heterocycles. The summed E-state index contributed by atoms with van der Waals surface area (Å²) in [4.78, 5) is 0. The average Bonchev–Trinajstić information content (AvgIpc) is 2.25. The fourth-order valence-corrected chi connectivity index (χ4v) is 4.65. The fourth-order valence-electron chi connectivity index (χ4n) is 1.95. The van der Waals surface area contributed by atoms with E-state index in [2.05, 4.69) is 64.1 Å². The molecule has 1 heteroatoms. The summed E-state index contributed by atoms with van der Waals surface area (Å²) in [5.74, 6) is 0. The van der Waals surface area contributed by atoms with Gasteiger partial charge < -0.3 is 0 Å². The fraction of sp³-hybridized carbons (Fsp3) is 0.250. The molecule has 0 bridgehead atoms. The zero-order valence-electron chi connectivity index (χ0n) is 10.9. The van der Waals surface area contributed by atoms with Gasteiger partial charge in [-0.25, -0.2) is 0 Å². The van der Waals surface area contributed by atoms with Crippen LogP contribution in [-0.2, 0) is 0 Å². The molecule has 0 fully saturated rings. The summed E-state index contributed by atoms with van der Waals surface area (Å²) < 4.78 is 3.13. The number of hydrogen-bond donors (Lipinski definition) is 0. The number of benzene rings is 2. The molecule has 0 heterocycles. The van der Waals surface area contributed by atoms with Gasteiger partial charge >= 0.3 is 114 Å². The molecule has 17 heavy (non-hydrogen) atoms. The van der Waals surface area contributed by atoms with Crippen LogP contribution in [0.25, 0.3) is 0 Å². The summed E-state index contributed by atoms with van der Waals surface area (Å²) >= 11 is -0.237. The molecule has 2 aromatic carbocycles. The normalized spacial score (nSPS) is 10.6. The molecule has 2 rings (SSSR count). The van der Waals surface area contributed by atoms with E-state index in [0.717, 1.165) is 0 Å². The van der Waals surface area contributed by atoms with Crippen LogP contribution in [0.5, 0.6) is 0 Å². The van der Waals surface area contributed by atoms with Gasteiger partial charge in [-0.15, -0.1) is 0 Å². The molecule has 0 radical (unpaired) electrons. The topological polar surface area (TPSA) is 0 Å². The first kappa shape index (κ1) is 12.7. The zero-order valence-corrected chi connectivity index (χ0v) is 13.2. The number of hydrogen-bond acceptors (Lipinski definition) is 0. The maximum absolute atomic E-state index is 2.31. The van der Waals surface area contributed by atoms with E-state index < -0.39 is 0 Å². The molecule has 2 aromatic rings. The van der Waals surface area contributed by atoms with Crippen LogP contribution >= 0.6 is 0 Å². The molecule has 0 amide bonds. The van der Waals surface area contributed by atoms with Crippen LogP contribution in [-0.4, -0.2) is 20.9 Å². The third-order valence-electron chi connectivity index (χ3n) is 2.88. The monoisotopic (exact) mass is 340 g/mol. The van der Waals surface area contributed by atoms with Crippen molar-refractivity contribution in [2.45, 2.75) is 27.7 Å². The van der Waals surface area contributed by atoms with Gasteiger partial charge in [-0.2, -0.15) is 0 Å². The van der Waals surface area contributed by atoms with Gasteiger partial charge in [0.25, 0.3) is 0 Å². The van der Waals surface area contributed by atoms with Crippen molar-refractivity contribution in [1.82, 2.24) is 0 Å². The summed E-state index contributed by atoms with van der Waals surface area (Å²) in [7, 11) is 0. The van der Waals surface area contributed by atoms with E-state index in [1.807, 2.05) is 0 Å². The molecule has 0 aromatic heterocycles. The molecule has 0 atom stereocenters. The quantitative estimate of drug-likeness (QED) is 0.739. The van der Waals surface area contributed by atoms with Crippen LogP contribution in [0.2, 0.25) is 0 Å². The third kappa shape index (κ3) is 3.12. The van der Waals surface area contributed by atoms with Gasteiger partial charge in [0, 0.05) is 0 Å². The molecular formula is C16H18Te. The molecule has 0 N–H and O–H groups in total. The Morgan fingerprint density at radius 2 is 1.06 bits per heavy atom. The van der Waals surface area contributed by atoms with E-state index in [0.29, 0.717) is 0 Å². The number of rotatable bonds is 2. The molecule has 0 nitrogen and oxygen atoms in total. The third-order valence-corrected chi connectivity index (χ3v) is 6.75. The van der Waals surface area contributed by atoms with Crippen molar-refractivity contribution in [3.05, 3.63) is 58.7 Å². The molecule has 0 unspecified atom stereocenters. The Morgan fingerprint density at radius 1 is 0.647 bits per heavy atom. The van der Waals surface area contributed by atoms with E-state index in [1.54, 1.807) is 7.22 Å². The van der Waals surface area contributed by atoms with Crippen LogP contribution in [0.4, 0.5) is 0 Å². The van der Waals surface area contributed by atoms with Gasteiger partial charge in [0.15, 0.2) is 0 Å². The first-order valence-electron chi connectivity index (χ1n) is 5.88. The van der Waals surface area contributed by atoms with Gasteiger partial charge in [0.05, 0.1) is 0 Å². The van der Waals surface area contributed by atoms with Crippen LogP contribution in [0, 0.1) is 27.7 Å². The second-order valence-corrected chi connectivity index (χ2v) is 7.73. The summed E-state index contributed by atoms with van der Waals surface area (Å²) in [6.07, 6.45) is 0. The molecular weight excluding hydrogens is 320 g/mol. The Bertz CT molecular complexity index is 492.